The van der Waals surface area contributed by atoms with Gasteiger partial charge in [-0.15, -0.1) is 0 Å². The summed E-state index contributed by atoms with van der Waals surface area (Å²) in [5.74, 6) is 0. The molecule has 0 amide bonds. The molecule has 88 valence electrons. The van der Waals surface area contributed by atoms with Gasteiger partial charge >= 0.3 is 0 Å². The number of H-pyrrole nitrogens is 1. The predicted molar refractivity (Wildman–Crippen MR) is 74.4 cm³/mol. The second-order valence-corrected chi connectivity index (χ2v) is 5.51. The molecule has 0 fully saturated rings. The number of nitrogens with one attached hydrogen (secondary N) is 1. The molecule has 1 aliphatic rings. The normalized spacial score (nSPS) is 13.4. The highest BCUT2D eigenvalue weighted by Gasteiger charge is 2.19. The fraction of sp³-hybridized carbons (Fsp3) is 0.143. The maximum atomic E-state index is 4.42. The van der Waals surface area contributed by atoms with Gasteiger partial charge in [0.05, 0.1) is 6.20 Å². The molecule has 2 aromatic heterocycles. The third kappa shape index (κ3) is 1.35. The highest BCUT2D eigenvalue weighted by Crippen LogP contribution is 2.38. The van der Waals surface area contributed by atoms with Crippen LogP contribution in [0, 0.1) is 0 Å². The number of aryl methyl sites for hydroxylation is 2. The molecule has 0 unspecified atom stereocenters. The van der Waals surface area contributed by atoms with E-state index < -0.39 is 0 Å². The number of aromatic amines is 1. The van der Waals surface area contributed by atoms with E-state index >= 15 is 0 Å². The Bertz CT molecular complexity index is 761. The van der Waals surface area contributed by atoms with Gasteiger partial charge in [-0.2, -0.15) is 5.10 Å². The molecule has 4 rings (SSSR count). The van der Waals surface area contributed by atoms with Gasteiger partial charge in [-0.25, -0.2) is 4.98 Å². The van der Waals surface area contributed by atoms with Gasteiger partial charge in [-0.1, -0.05) is 22.0 Å². The van der Waals surface area contributed by atoms with Crippen LogP contribution in [-0.4, -0.2) is 15.2 Å². The number of halogens is 1. The first-order chi connectivity index (χ1) is 8.83. The number of benzene rings is 1. The van der Waals surface area contributed by atoms with Crippen molar-refractivity contribution in [3.05, 3.63) is 46.2 Å². The smallest absolute Gasteiger partial charge is 0.155 e. The molecule has 1 aromatic carbocycles. The van der Waals surface area contributed by atoms with Gasteiger partial charge in [0.1, 0.15) is 0 Å². The van der Waals surface area contributed by atoms with E-state index in [0.717, 1.165) is 28.3 Å². The minimum atomic E-state index is 0.863. The van der Waals surface area contributed by atoms with E-state index in [4.69, 9.17) is 0 Å². The Hall–Kier alpha value is -1.68. The zero-order valence-electron chi connectivity index (χ0n) is 9.57. The first-order valence-corrected chi connectivity index (χ1v) is 6.72. The highest BCUT2D eigenvalue weighted by molar-refractivity contribution is 9.10. The number of fused-ring (bicyclic) bond motifs is 5. The molecule has 0 radical (unpaired) electrons. The number of hydrogen-bond donors (Lipinski definition) is 1. The van der Waals surface area contributed by atoms with Crippen molar-refractivity contribution in [3.8, 4) is 11.1 Å². The van der Waals surface area contributed by atoms with Crippen molar-refractivity contribution in [2.24, 2.45) is 0 Å². The first-order valence-electron chi connectivity index (χ1n) is 5.93. The Morgan fingerprint density at radius 3 is 2.94 bits per heavy atom. The van der Waals surface area contributed by atoms with E-state index in [1.807, 2.05) is 12.4 Å². The second-order valence-electron chi connectivity index (χ2n) is 4.59. The zero-order valence-corrected chi connectivity index (χ0v) is 11.2. The standard InChI is InChI=1S/C14H10BrN3/c15-10-4-3-8-1-2-9-6-16-14-12(7-17-18-14)13(9)11(8)5-10/h3-7H,1-2H2,(H,16,17,18). The number of rotatable bonds is 0. The SMILES string of the molecule is Brc1ccc2c(c1)-c1c(cnc3[nH]ncc13)CC2. The average Bonchev–Trinajstić information content (AvgIpc) is 2.86. The summed E-state index contributed by atoms with van der Waals surface area (Å²) < 4.78 is 1.11. The number of pyridine rings is 1. The van der Waals surface area contributed by atoms with Crippen LogP contribution in [0.25, 0.3) is 22.2 Å². The lowest BCUT2D eigenvalue weighted by atomic mass is 9.85. The lowest BCUT2D eigenvalue weighted by Crippen LogP contribution is -2.05. The van der Waals surface area contributed by atoms with E-state index in [1.165, 1.54) is 22.3 Å². The third-order valence-electron chi connectivity index (χ3n) is 3.56. The Labute approximate surface area is 112 Å². The van der Waals surface area contributed by atoms with Gasteiger partial charge in [0.15, 0.2) is 5.65 Å². The maximum Gasteiger partial charge on any atom is 0.155 e. The molecule has 1 aliphatic carbocycles. The summed E-state index contributed by atoms with van der Waals surface area (Å²) in [6.07, 6.45) is 5.98. The molecule has 0 atom stereocenters. The molecule has 3 aromatic rings. The predicted octanol–water partition coefficient (Wildman–Crippen LogP) is 3.49. The molecule has 0 aliphatic heterocycles. The largest absolute Gasteiger partial charge is 0.261 e. The van der Waals surface area contributed by atoms with Gasteiger partial charge in [-0.3, -0.25) is 5.10 Å². The van der Waals surface area contributed by atoms with E-state index in [-0.39, 0.29) is 0 Å². The molecule has 0 bridgehead atoms. The van der Waals surface area contributed by atoms with Crippen molar-refractivity contribution < 1.29 is 0 Å². The van der Waals surface area contributed by atoms with E-state index in [1.54, 1.807) is 0 Å². The molecule has 1 N–H and O–H groups in total. The van der Waals surface area contributed by atoms with E-state index in [9.17, 15) is 0 Å². The number of nitrogens with zero attached hydrogens (tertiary/aromatic N) is 2. The topological polar surface area (TPSA) is 41.6 Å². The van der Waals surface area contributed by atoms with Crippen molar-refractivity contribution in [1.82, 2.24) is 15.2 Å². The highest BCUT2D eigenvalue weighted by atomic mass is 79.9. The van der Waals surface area contributed by atoms with Crippen molar-refractivity contribution in [1.29, 1.82) is 0 Å². The second kappa shape index (κ2) is 3.65. The van der Waals surface area contributed by atoms with Gasteiger partial charge in [-0.05, 0) is 47.2 Å². The van der Waals surface area contributed by atoms with Gasteiger partial charge in [0, 0.05) is 16.1 Å². The molecular weight excluding hydrogens is 290 g/mol. The fourth-order valence-corrected chi connectivity index (χ4v) is 3.08. The summed E-state index contributed by atoms with van der Waals surface area (Å²) in [6, 6.07) is 6.51. The minimum absolute atomic E-state index is 0.863. The van der Waals surface area contributed by atoms with Crippen LogP contribution in [-0.2, 0) is 12.8 Å². The van der Waals surface area contributed by atoms with Crippen molar-refractivity contribution in [2.75, 3.05) is 0 Å². The third-order valence-corrected chi connectivity index (χ3v) is 4.06. The number of hydrogen-bond acceptors (Lipinski definition) is 2. The van der Waals surface area contributed by atoms with Gasteiger partial charge < -0.3 is 0 Å². The fourth-order valence-electron chi connectivity index (χ4n) is 2.72. The molecule has 2 heterocycles. The lowest BCUT2D eigenvalue weighted by molar-refractivity contribution is 0.936. The molecule has 4 heteroatoms. The molecule has 0 saturated heterocycles. The van der Waals surface area contributed by atoms with Crippen LogP contribution in [0.2, 0.25) is 0 Å². The molecular formula is C14H10BrN3. The van der Waals surface area contributed by atoms with Crippen molar-refractivity contribution in [2.45, 2.75) is 12.8 Å². The van der Waals surface area contributed by atoms with Crippen LogP contribution >= 0.6 is 15.9 Å². The minimum Gasteiger partial charge on any atom is -0.261 e. The van der Waals surface area contributed by atoms with E-state index in [0.29, 0.717) is 0 Å². The summed E-state index contributed by atoms with van der Waals surface area (Å²) in [4.78, 5) is 4.42. The van der Waals surface area contributed by atoms with E-state index in [2.05, 4.69) is 49.3 Å². The summed E-state index contributed by atoms with van der Waals surface area (Å²) in [5, 5.41) is 8.16. The van der Waals surface area contributed by atoms with Crippen LogP contribution in [0.5, 0.6) is 0 Å². The van der Waals surface area contributed by atoms with Crippen LogP contribution < -0.4 is 0 Å². The summed E-state index contributed by atoms with van der Waals surface area (Å²) in [7, 11) is 0. The Morgan fingerprint density at radius 2 is 2.00 bits per heavy atom. The van der Waals surface area contributed by atoms with Crippen molar-refractivity contribution in [3.63, 3.8) is 0 Å². The summed E-state index contributed by atoms with van der Waals surface area (Å²) in [5.41, 5.74) is 6.17. The van der Waals surface area contributed by atoms with Gasteiger partial charge in [0.2, 0.25) is 0 Å². The maximum absolute atomic E-state index is 4.42. The molecule has 0 saturated carbocycles. The van der Waals surface area contributed by atoms with Crippen molar-refractivity contribution >= 4 is 27.0 Å². The van der Waals surface area contributed by atoms with Crippen LogP contribution in [0.4, 0.5) is 0 Å². The quantitative estimate of drug-likeness (QED) is 0.690. The Kier molecular flexibility index (Phi) is 2.08. The molecule has 0 spiro atoms. The summed E-state index contributed by atoms with van der Waals surface area (Å²) in [6.45, 7) is 0. The number of aromatic nitrogens is 3. The van der Waals surface area contributed by atoms with Gasteiger partial charge in [0.25, 0.3) is 0 Å². The van der Waals surface area contributed by atoms with Crippen LogP contribution in [0.3, 0.4) is 0 Å². The lowest BCUT2D eigenvalue weighted by Gasteiger charge is -2.20. The Morgan fingerprint density at radius 1 is 1.11 bits per heavy atom. The average molecular weight is 300 g/mol. The van der Waals surface area contributed by atoms with Crippen LogP contribution in [0.1, 0.15) is 11.1 Å². The first kappa shape index (κ1) is 10.3. The monoisotopic (exact) mass is 299 g/mol. The molecule has 18 heavy (non-hydrogen) atoms. The zero-order chi connectivity index (χ0) is 12.1. The van der Waals surface area contributed by atoms with Crippen LogP contribution in [0.15, 0.2) is 35.1 Å². The molecule has 3 nitrogen and oxygen atoms in total. The summed E-state index contributed by atoms with van der Waals surface area (Å²) >= 11 is 3.56. The Balaban J connectivity index is 2.14.